The van der Waals surface area contributed by atoms with Crippen molar-refractivity contribution in [1.29, 1.82) is 0 Å². The van der Waals surface area contributed by atoms with Crippen molar-refractivity contribution in [3.05, 3.63) is 67.1 Å². The molecular formula is C21H15Cl4NO5S. The molecule has 2 aromatic rings. The fraction of sp³-hybridized carbons (Fsp3) is 0.238. The summed E-state index contributed by atoms with van der Waals surface area (Å²) in [7, 11) is 0. The molecule has 1 aliphatic heterocycles. The Morgan fingerprint density at radius 1 is 0.938 bits per heavy atom. The van der Waals surface area contributed by atoms with Crippen LogP contribution in [0.25, 0.3) is 0 Å². The zero-order valence-electron chi connectivity index (χ0n) is 16.5. The maximum absolute atomic E-state index is 13.1. The number of benzene rings is 2. The molecule has 0 N–H and O–H groups in total. The number of halogens is 4. The van der Waals surface area contributed by atoms with E-state index in [9.17, 15) is 19.2 Å². The zero-order chi connectivity index (χ0) is 23.6. The molecule has 0 spiro atoms. The van der Waals surface area contributed by atoms with Crippen molar-refractivity contribution in [2.75, 3.05) is 18.6 Å². The second-order valence-electron chi connectivity index (χ2n) is 6.68. The van der Waals surface area contributed by atoms with Crippen molar-refractivity contribution in [1.82, 2.24) is 4.90 Å². The third-order valence-electron chi connectivity index (χ3n) is 4.75. The van der Waals surface area contributed by atoms with Crippen molar-refractivity contribution >= 4 is 81.7 Å². The summed E-state index contributed by atoms with van der Waals surface area (Å²) in [5, 5.41) is -0.796. The van der Waals surface area contributed by atoms with Crippen molar-refractivity contribution < 1.29 is 23.9 Å². The van der Waals surface area contributed by atoms with Crippen LogP contribution in [-0.4, -0.2) is 53.1 Å². The summed E-state index contributed by atoms with van der Waals surface area (Å²) in [6, 6.07) is 6.99. The minimum atomic E-state index is -1.29. The molecule has 2 amide bonds. The molecule has 6 nitrogen and oxygen atoms in total. The molecule has 0 fully saturated rings. The van der Waals surface area contributed by atoms with Gasteiger partial charge in [-0.25, -0.2) is 4.79 Å². The summed E-state index contributed by atoms with van der Waals surface area (Å²) in [5.74, 6) is -2.57. The number of hydrogen-bond donors (Lipinski definition) is 0. The highest BCUT2D eigenvalue weighted by molar-refractivity contribution is 7.98. The largest absolute Gasteiger partial charge is 0.456 e. The summed E-state index contributed by atoms with van der Waals surface area (Å²) in [6.07, 6.45) is 1.90. The molecule has 0 unspecified atom stereocenters. The van der Waals surface area contributed by atoms with E-state index in [1.807, 2.05) is 0 Å². The van der Waals surface area contributed by atoms with Gasteiger partial charge in [0.15, 0.2) is 12.4 Å². The molecule has 1 aliphatic rings. The number of thioether (sulfide) groups is 1. The minimum Gasteiger partial charge on any atom is -0.456 e. The smallest absolute Gasteiger partial charge is 0.329 e. The summed E-state index contributed by atoms with van der Waals surface area (Å²) < 4.78 is 5.17. The Bertz CT molecular complexity index is 1060. The number of Topliss-reactive ketones (excluding diaryl/α,β-unsaturated/α-hetero) is 1. The number of carbonyl (C=O) groups excluding carboxylic acids is 4. The van der Waals surface area contributed by atoms with E-state index in [4.69, 9.17) is 51.1 Å². The molecule has 1 atom stereocenters. The van der Waals surface area contributed by atoms with Crippen LogP contribution < -0.4 is 0 Å². The first-order valence-electron chi connectivity index (χ1n) is 9.18. The topological polar surface area (TPSA) is 80.8 Å². The summed E-state index contributed by atoms with van der Waals surface area (Å²) in [5.41, 5.74) is -0.0821. The van der Waals surface area contributed by atoms with E-state index in [1.165, 1.54) is 11.8 Å². The Morgan fingerprint density at radius 2 is 1.47 bits per heavy atom. The lowest BCUT2D eigenvalue weighted by Gasteiger charge is -2.24. The summed E-state index contributed by atoms with van der Waals surface area (Å²) in [6.45, 7) is -0.541. The van der Waals surface area contributed by atoms with Gasteiger partial charge >= 0.3 is 5.97 Å². The molecule has 0 aromatic heterocycles. The van der Waals surface area contributed by atoms with E-state index in [1.54, 1.807) is 36.6 Å². The number of hydrogen-bond acceptors (Lipinski definition) is 6. The third kappa shape index (κ3) is 4.63. The van der Waals surface area contributed by atoms with E-state index in [2.05, 4.69) is 0 Å². The highest BCUT2D eigenvalue weighted by Crippen LogP contribution is 2.45. The maximum Gasteiger partial charge on any atom is 0.329 e. The molecule has 0 saturated carbocycles. The first kappa shape index (κ1) is 24.9. The number of ketones is 1. The molecule has 3 rings (SSSR count). The fourth-order valence-corrected chi connectivity index (χ4v) is 4.64. The predicted molar refractivity (Wildman–Crippen MR) is 126 cm³/mol. The van der Waals surface area contributed by atoms with Crippen molar-refractivity contribution in [3.8, 4) is 0 Å². The molecule has 0 saturated heterocycles. The molecule has 0 aliphatic carbocycles. The quantitative estimate of drug-likeness (QED) is 0.147. The van der Waals surface area contributed by atoms with Crippen molar-refractivity contribution in [3.63, 3.8) is 0 Å². The lowest BCUT2D eigenvalue weighted by molar-refractivity contribution is -0.147. The molecule has 0 radical (unpaired) electrons. The number of amides is 2. The first-order valence-corrected chi connectivity index (χ1v) is 12.1. The Morgan fingerprint density at radius 3 is 1.97 bits per heavy atom. The van der Waals surface area contributed by atoms with Crippen LogP contribution >= 0.6 is 58.2 Å². The number of rotatable bonds is 8. The lowest BCUT2D eigenvalue weighted by Crippen LogP contribution is -2.46. The van der Waals surface area contributed by atoms with Gasteiger partial charge in [0.2, 0.25) is 0 Å². The number of esters is 1. The SMILES string of the molecule is CSCC[C@@H](C(=O)OCC(=O)c1ccccc1)N1C(=O)c2c(Cl)c(Cl)c(Cl)c(Cl)c2C1=O. The van der Waals surface area contributed by atoms with Crippen LogP contribution in [0.3, 0.4) is 0 Å². The normalized spacial score (nSPS) is 13.8. The van der Waals surface area contributed by atoms with E-state index < -0.39 is 36.2 Å². The van der Waals surface area contributed by atoms with E-state index in [0.717, 1.165) is 4.90 Å². The zero-order valence-corrected chi connectivity index (χ0v) is 20.3. The monoisotopic (exact) mass is 533 g/mol. The van der Waals surface area contributed by atoms with Gasteiger partial charge in [0.1, 0.15) is 6.04 Å². The second kappa shape index (κ2) is 10.4. The van der Waals surface area contributed by atoms with Gasteiger partial charge in [0.05, 0.1) is 31.2 Å². The van der Waals surface area contributed by atoms with Crippen LogP contribution in [0.1, 0.15) is 37.5 Å². The fourth-order valence-electron chi connectivity index (χ4n) is 3.17. The number of carbonyl (C=O) groups is 4. The molecule has 1 heterocycles. The Kier molecular flexibility index (Phi) is 8.11. The Labute approximate surface area is 208 Å². The van der Waals surface area contributed by atoms with Gasteiger partial charge in [-0.15, -0.1) is 0 Å². The van der Waals surface area contributed by atoms with Crippen LogP contribution in [-0.2, 0) is 9.53 Å². The first-order chi connectivity index (χ1) is 15.2. The van der Waals surface area contributed by atoms with Crippen LogP contribution in [0.4, 0.5) is 0 Å². The standard InChI is InChI=1S/C21H15Cl4NO5S/c1-32-8-7-11(21(30)31-9-12(27)10-5-3-2-4-6-10)26-19(28)13-14(20(26)29)16(23)18(25)17(24)15(13)22/h2-6,11H,7-9H2,1H3/t11-/m0/s1. The average molecular weight is 535 g/mol. The van der Waals surface area contributed by atoms with E-state index in [0.29, 0.717) is 11.3 Å². The molecular weight excluding hydrogens is 520 g/mol. The van der Waals surface area contributed by atoms with Gasteiger partial charge < -0.3 is 4.74 Å². The summed E-state index contributed by atoms with van der Waals surface area (Å²) in [4.78, 5) is 52.1. The number of fused-ring (bicyclic) bond motifs is 1. The van der Waals surface area contributed by atoms with Crippen LogP contribution in [0.15, 0.2) is 30.3 Å². The van der Waals surface area contributed by atoms with Crippen LogP contribution in [0.2, 0.25) is 20.1 Å². The van der Waals surface area contributed by atoms with Gasteiger partial charge in [-0.1, -0.05) is 76.7 Å². The lowest BCUT2D eigenvalue weighted by atomic mass is 10.1. The minimum absolute atomic E-state index is 0.0989. The molecule has 168 valence electrons. The van der Waals surface area contributed by atoms with Gasteiger partial charge in [-0.2, -0.15) is 11.8 Å². The highest BCUT2D eigenvalue weighted by Gasteiger charge is 2.47. The Hall–Kier alpha value is -1.77. The molecule has 32 heavy (non-hydrogen) atoms. The maximum atomic E-state index is 13.1. The van der Waals surface area contributed by atoms with Crippen LogP contribution in [0.5, 0.6) is 0 Å². The van der Waals surface area contributed by atoms with Gasteiger partial charge in [-0.05, 0) is 18.4 Å². The van der Waals surface area contributed by atoms with Gasteiger partial charge in [0, 0.05) is 5.56 Å². The highest BCUT2D eigenvalue weighted by atomic mass is 35.5. The predicted octanol–water partition coefficient (Wildman–Crippen LogP) is 5.44. The second-order valence-corrected chi connectivity index (χ2v) is 9.18. The number of nitrogens with zero attached hydrogens (tertiary/aromatic N) is 1. The van der Waals surface area contributed by atoms with E-state index >= 15 is 0 Å². The van der Waals surface area contributed by atoms with Gasteiger partial charge in [0.25, 0.3) is 11.8 Å². The average Bonchev–Trinajstić information content (AvgIpc) is 3.05. The van der Waals surface area contributed by atoms with E-state index in [-0.39, 0.29) is 37.6 Å². The summed E-state index contributed by atoms with van der Waals surface area (Å²) >= 11 is 25.8. The van der Waals surface area contributed by atoms with Crippen molar-refractivity contribution in [2.45, 2.75) is 12.5 Å². The molecule has 2 aromatic carbocycles. The Balaban J connectivity index is 1.88. The third-order valence-corrected chi connectivity index (χ3v) is 7.20. The van der Waals surface area contributed by atoms with Crippen molar-refractivity contribution in [2.24, 2.45) is 0 Å². The van der Waals surface area contributed by atoms with Gasteiger partial charge in [-0.3, -0.25) is 19.3 Å². The van der Waals surface area contributed by atoms with Crippen LogP contribution in [0, 0.1) is 0 Å². The molecule has 11 heteroatoms. The molecule has 0 bridgehead atoms. The number of imide groups is 1. The number of ether oxygens (including phenoxy) is 1.